The van der Waals surface area contributed by atoms with E-state index in [1.165, 1.54) is 22.4 Å². The van der Waals surface area contributed by atoms with Crippen LogP contribution in [0, 0.1) is 6.85 Å². The van der Waals surface area contributed by atoms with Gasteiger partial charge in [0.15, 0.2) is 0 Å². The van der Waals surface area contributed by atoms with E-state index in [-0.39, 0.29) is 5.41 Å². The summed E-state index contributed by atoms with van der Waals surface area (Å²) >= 11 is 0. The minimum Gasteiger partial charge on any atom is -0.292 e. The number of benzene rings is 4. The van der Waals surface area contributed by atoms with Crippen molar-refractivity contribution in [3.63, 3.8) is 0 Å². The van der Waals surface area contributed by atoms with Crippen LogP contribution in [0.4, 0.5) is 0 Å². The van der Waals surface area contributed by atoms with Crippen LogP contribution in [-0.2, 0) is 5.41 Å². The Kier molecular flexibility index (Phi) is 4.66. The van der Waals surface area contributed by atoms with Crippen LogP contribution in [0.2, 0.25) is 0 Å². The van der Waals surface area contributed by atoms with Crippen molar-refractivity contribution in [3.8, 4) is 28.2 Å². The van der Waals surface area contributed by atoms with Gasteiger partial charge >= 0.3 is 0 Å². The summed E-state index contributed by atoms with van der Waals surface area (Å²) in [6.45, 7) is 11.3. The summed E-state index contributed by atoms with van der Waals surface area (Å²) in [6, 6.07) is 27.3. The molecule has 186 valence electrons. The monoisotopic (exact) mass is 487 g/mol. The van der Waals surface area contributed by atoms with Crippen molar-refractivity contribution in [1.82, 2.24) is 9.55 Å². The minimum absolute atomic E-state index is 0.292. The first-order valence-electron chi connectivity index (χ1n) is 14.8. The number of aromatic nitrogens is 2. The molecule has 0 aliphatic heterocycles. The van der Waals surface area contributed by atoms with Gasteiger partial charge in [-0.25, -0.2) is 4.98 Å². The van der Waals surface area contributed by atoms with Gasteiger partial charge in [-0.2, -0.15) is 0 Å². The Morgan fingerprint density at radius 1 is 0.757 bits per heavy atom. The third-order valence-electron chi connectivity index (χ3n) is 8.06. The van der Waals surface area contributed by atoms with E-state index in [0.717, 1.165) is 39.1 Å². The summed E-state index contributed by atoms with van der Waals surface area (Å²) in [6.07, 6.45) is 0. The van der Waals surface area contributed by atoms with Gasteiger partial charge < -0.3 is 0 Å². The van der Waals surface area contributed by atoms with Crippen molar-refractivity contribution in [2.24, 2.45) is 0 Å². The molecule has 0 bridgehead atoms. The molecule has 2 heteroatoms. The third kappa shape index (κ3) is 3.57. The maximum absolute atomic E-state index is 7.95. The molecule has 0 N–H and O–H groups in total. The summed E-state index contributed by atoms with van der Waals surface area (Å²) in [5.74, 6) is 1.62. The van der Waals surface area contributed by atoms with Crippen LogP contribution in [0.5, 0.6) is 0 Å². The molecule has 0 radical (unpaired) electrons. The fraction of sp³-hybridized carbons (Fsp3) is 0.286. The summed E-state index contributed by atoms with van der Waals surface area (Å²) in [5.41, 5.74) is 11.6. The second-order valence-corrected chi connectivity index (χ2v) is 11.5. The lowest BCUT2D eigenvalue weighted by Gasteiger charge is -2.23. The number of aryl methyl sites for hydroxylation is 1. The second kappa shape index (κ2) is 8.45. The van der Waals surface area contributed by atoms with Crippen LogP contribution in [0.3, 0.4) is 0 Å². The van der Waals surface area contributed by atoms with Crippen molar-refractivity contribution >= 4 is 11.0 Å². The second-order valence-electron chi connectivity index (χ2n) is 11.5. The molecule has 1 aliphatic rings. The van der Waals surface area contributed by atoms with Gasteiger partial charge in [0.2, 0.25) is 0 Å². The number of hydrogen-bond donors (Lipinski definition) is 0. The van der Waals surface area contributed by atoms with Crippen molar-refractivity contribution in [2.45, 2.75) is 65.6 Å². The van der Waals surface area contributed by atoms with Gasteiger partial charge in [-0.1, -0.05) is 108 Å². The number of rotatable bonds is 4. The Bertz CT molecular complexity index is 1740. The van der Waals surface area contributed by atoms with E-state index in [0.29, 0.717) is 17.4 Å². The van der Waals surface area contributed by atoms with Gasteiger partial charge in [-0.05, 0) is 70.3 Å². The predicted molar refractivity (Wildman–Crippen MR) is 157 cm³/mol. The van der Waals surface area contributed by atoms with Gasteiger partial charge in [0, 0.05) is 15.1 Å². The first kappa shape index (κ1) is 20.4. The van der Waals surface area contributed by atoms with Crippen molar-refractivity contribution < 1.29 is 4.11 Å². The van der Waals surface area contributed by atoms with Gasteiger partial charge in [-0.15, -0.1) is 0 Å². The SMILES string of the molecule is [2H]C([2H])([2H])c1ccc2c(c1)C(C)(C)c1ccc(-c3nc4ccccc4n3-c3c(C(C)C)cccc3C(C)C)cc1-2. The summed E-state index contributed by atoms with van der Waals surface area (Å²) < 4.78 is 26.2. The van der Waals surface area contributed by atoms with E-state index in [9.17, 15) is 0 Å². The first-order chi connectivity index (χ1) is 18.9. The van der Waals surface area contributed by atoms with Crippen molar-refractivity contribution in [2.75, 3.05) is 0 Å². The molecule has 6 rings (SSSR count). The third-order valence-corrected chi connectivity index (χ3v) is 8.06. The average Bonchev–Trinajstić information content (AvgIpc) is 3.40. The van der Waals surface area contributed by atoms with E-state index >= 15 is 0 Å². The Labute approximate surface area is 225 Å². The molecule has 0 saturated heterocycles. The minimum atomic E-state index is -2.13. The van der Waals surface area contributed by atoms with E-state index < -0.39 is 6.85 Å². The van der Waals surface area contributed by atoms with Gasteiger partial charge in [0.05, 0.1) is 16.7 Å². The molecule has 0 spiro atoms. The average molecular weight is 488 g/mol. The molecule has 1 heterocycles. The Hall–Kier alpha value is -3.65. The molecule has 0 unspecified atom stereocenters. The normalized spacial score (nSPS) is 15.5. The van der Waals surface area contributed by atoms with Gasteiger partial charge in [0.1, 0.15) is 5.82 Å². The zero-order chi connectivity index (χ0) is 28.6. The number of fused-ring (bicyclic) bond motifs is 4. The molecule has 5 aromatic rings. The molecule has 0 fully saturated rings. The largest absolute Gasteiger partial charge is 0.292 e. The summed E-state index contributed by atoms with van der Waals surface area (Å²) in [4.78, 5) is 5.21. The Morgan fingerprint density at radius 3 is 2.19 bits per heavy atom. The van der Waals surface area contributed by atoms with E-state index in [4.69, 9.17) is 9.10 Å². The van der Waals surface area contributed by atoms with Crippen LogP contribution < -0.4 is 0 Å². The highest BCUT2D eigenvalue weighted by Gasteiger charge is 2.36. The number of para-hydroxylation sites is 3. The zero-order valence-corrected chi connectivity index (χ0v) is 22.6. The lowest BCUT2D eigenvalue weighted by atomic mass is 9.82. The van der Waals surface area contributed by atoms with Crippen molar-refractivity contribution in [1.29, 1.82) is 0 Å². The maximum Gasteiger partial charge on any atom is 0.145 e. The fourth-order valence-electron chi connectivity index (χ4n) is 6.11. The van der Waals surface area contributed by atoms with Gasteiger partial charge in [0.25, 0.3) is 0 Å². The Morgan fingerprint density at radius 2 is 1.49 bits per heavy atom. The van der Waals surface area contributed by atoms with Crippen LogP contribution in [0.25, 0.3) is 39.2 Å². The van der Waals surface area contributed by atoms with Crippen LogP contribution in [-0.4, -0.2) is 9.55 Å². The number of nitrogens with zero attached hydrogens (tertiary/aromatic N) is 2. The molecular formula is C35H36N2. The molecule has 0 atom stereocenters. The molecule has 0 saturated carbocycles. The number of hydrogen-bond acceptors (Lipinski definition) is 1. The maximum atomic E-state index is 7.95. The van der Waals surface area contributed by atoms with Crippen LogP contribution in [0.1, 0.15) is 85.3 Å². The molecule has 1 aromatic heterocycles. The highest BCUT2D eigenvalue weighted by molar-refractivity contribution is 5.88. The van der Waals surface area contributed by atoms with E-state index in [1.54, 1.807) is 6.07 Å². The molecule has 37 heavy (non-hydrogen) atoms. The van der Waals surface area contributed by atoms with E-state index in [2.05, 4.69) is 101 Å². The van der Waals surface area contributed by atoms with E-state index in [1.807, 2.05) is 18.2 Å². The highest BCUT2D eigenvalue weighted by atomic mass is 15.1. The molecule has 1 aliphatic carbocycles. The van der Waals surface area contributed by atoms with Gasteiger partial charge in [-0.3, -0.25) is 4.57 Å². The smallest absolute Gasteiger partial charge is 0.145 e. The first-order valence-corrected chi connectivity index (χ1v) is 13.3. The lowest BCUT2D eigenvalue weighted by molar-refractivity contribution is 0.660. The molecule has 4 aromatic carbocycles. The highest BCUT2D eigenvalue weighted by Crippen LogP contribution is 2.50. The molecular weight excluding hydrogens is 448 g/mol. The predicted octanol–water partition coefficient (Wildman–Crippen LogP) is 9.55. The number of imidazole rings is 1. The Balaban J connectivity index is 1.63. The molecule has 2 nitrogen and oxygen atoms in total. The van der Waals surface area contributed by atoms with Crippen LogP contribution >= 0.6 is 0 Å². The topological polar surface area (TPSA) is 17.8 Å². The fourth-order valence-corrected chi connectivity index (χ4v) is 6.11. The zero-order valence-electron chi connectivity index (χ0n) is 25.6. The van der Waals surface area contributed by atoms with Crippen molar-refractivity contribution in [3.05, 3.63) is 107 Å². The van der Waals surface area contributed by atoms with Crippen LogP contribution in [0.15, 0.2) is 78.9 Å². The standard InChI is InChI=1S/C35H36N2/c1-21(2)25-11-10-12-26(22(3)4)33(25)37-32-14-9-8-13-31(32)36-34(37)24-16-18-29-28(20-24)27-17-15-23(5)19-30(27)35(29,6)7/h8-22H,1-7H3/i5D3. The molecule has 0 amide bonds. The summed E-state index contributed by atoms with van der Waals surface area (Å²) in [7, 11) is 0. The summed E-state index contributed by atoms with van der Waals surface area (Å²) in [5, 5.41) is 0. The quantitative estimate of drug-likeness (QED) is 0.247. The lowest BCUT2D eigenvalue weighted by Crippen LogP contribution is -2.15.